The van der Waals surface area contributed by atoms with Crippen LogP contribution in [0.4, 0.5) is 5.69 Å². The van der Waals surface area contributed by atoms with Gasteiger partial charge in [0.25, 0.3) is 0 Å². The molecule has 0 radical (unpaired) electrons. The molecule has 0 bridgehead atoms. The van der Waals surface area contributed by atoms with Crippen molar-refractivity contribution in [3.8, 4) is 0 Å². The van der Waals surface area contributed by atoms with Gasteiger partial charge in [-0.05, 0) is 6.07 Å². The predicted octanol–water partition coefficient (Wildman–Crippen LogP) is 2.53. The van der Waals surface area contributed by atoms with Crippen LogP contribution in [0.25, 0.3) is 0 Å². The fourth-order valence-corrected chi connectivity index (χ4v) is 1.18. The maximum Gasteiger partial charge on any atom is 0.229 e. The van der Waals surface area contributed by atoms with Crippen LogP contribution >= 0.6 is 11.6 Å². The molecular formula is C11H13ClN2O2. The number of aldehydes is 1. The van der Waals surface area contributed by atoms with Crippen LogP contribution in [0.15, 0.2) is 12.3 Å². The molecule has 0 aliphatic heterocycles. The highest BCUT2D eigenvalue weighted by atomic mass is 35.5. The smallest absolute Gasteiger partial charge is 0.229 e. The Morgan fingerprint density at radius 1 is 1.50 bits per heavy atom. The zero-order valence-electron chi connectivity index (χ0n) is 9.37. The maximum absolute atomic E-state index is 11.7. The number of aromatic nitrogens is 1. The predicted molar refractivity (Wildman–Crippen MR) is 62.7 cm³/mol. The minimum absolute atomic E-state index is 0.0849. The van der Waals surface area contributed by atoms with E-state index in [0.29, 0.717) is 12.0 Å². The van der Waals surface area contributed by atoms with Gasteiger partial charge in [-0.3, -0.25) is 9.59 Å². The van der Waals surface area contributed by atoms with Gasteiger partial charge in [0.1, 0.15) is 5.15 Å². The lowest BCUT2D eigenvalue weighted by atomic mass is 9.95. The van der Waals surface area contributed by atoms with E-state index >= 15 is 0 Å². The molecule has 1 rings (SSSR count). The summed E-state index contributed by atoms with van der Waals surface area (Å²) in [5, 5.41) is 2.73. The molecule has 86 valence electrons. The zero-order chi connectivity index (χ0) is 12.3. The summed E-state index contributed by atoms with van der Waals surface area (Å²) in [4.78, 5) is 26.3. The lowest BCUT2D eigenvalue weighted by molar-refractivity contribution is -0.123. The lowest BCUT2D eigenvalue weighted by Crippen LogP contribution is -2.28. The molecule has 0 aromatic carbocycles. The maximum atomic E-state index is 11.7. The van der Waals surface area contributed by atoms with E-state index in [9.17, 15) is 9.59 Å². The van der Waals surface area contributed by atoms with Crippen LogP contribution in [-0.2, 0) is 4.79 Å². The number of anilines is 1. The molecule has 0 saturated carbocycles. The van der Waals surface area contributed by atoms with Crippen molar-refractivity contribution in [2.75, 3.05) is 5.32 Å². The van der Waals surface area contributed by atoms with E-state index in [1.54, 1.807) is 26.8 Å². The van der Waals surface area contributed by atoms with Crippen molar-refractivity contribution < 1.29 is 9.59 Å². The second kappa shape index (κ2) is 4.61. The molecule has 1 aromatic rings. The number of amides is 1. The van der Waals surface area contributed by atoms with E-state index < -0.39 is 5.41 Å². The highest BCUT2D eigenvalue weighted by molar-refractivity contribution is 6.32. The number of halogens is 1. The molecule has 1 amide bonds. The van der Waals surface area contributed by atoms with Crippen molar-refractivity contribution in [1.82, 2.24) is 4.98 Å². The molecule has 0 saturated heterocycles. The molecule has 0 aliphatic carbocycles. The molecule has 4 nitrogen and oxygen atoms in total. The Bertz CT molecular complexity index is 424. The summed E-state index contributed by atoms with van der Waals surface area (Å²) in [6, 6.07) is 1.54. The summed E-state index contributed by atoms with van der Waals surface area (Å²) in [5.41, 5.74) is 0.0484. The van der Waals surface area contributed by atoms with Gasteiger partial charge in [0.05, 0.1) is 11.3 Å². The van der Waals surface area contributed by atoms with Crippen molar-refractivity contribution in [2.45, 2.75) is 20.8 Å². The first kappa shape index (κ1) is 12.6. The first-order valence-corrected chi connectivity index (χ1v) is 5.15. The topological polar surface area (TPSA) is 59.1 Å². The molecule has 1 heterocycles. The van der Waals surface area contributed by atoms with E-state index in [1.807, 2.05) is 0 Å². The third kappa shape index (κ3) is 2.79. The van der Waals surface area contributed by atoms with Gasteiger partial charge in [0, 0.05) is 11.6 Å². The molecule has 0 unspecified atom stereocenters. The van der Waals surface area contributed by atoms with Crippen molar-refractivity contribution in [1.29, 1.82) is 0 Å². The third-order valence-electron chi connectivity index (χ3n) is 1.99. The number of hydrogen-bond donors (Lipinski definition) is 1. The Labute approximate surface area is 99.0 Å². The summed E-state index contributed by atoms with van der Waals surface area (Å²) in [6.07, 6.45) is 2.02. The largest absolute Gasteiger partial charge is 0.325 e. The highest BCUT2D eigenvalue weighted by Gasteiger charge is 2.22. The number of nitrogens with zero attached hydrogens (tertiary/aromatic N) is 1. The first-order chi connectivity index (χ1) is 7.36. The van der Waals surface area contributed by atoms with Gasteiger partial charge >= 0.3 is 0 Å². The molecule has 0 atom stereocenters. The van der Waals surface area contributed by atoms with Crippen LogP contribution in [0.2, 0.25) is 5.15 Å². The fraction of sp³-hybridized carbons (Fsp3) is 0.364. The van der Waals surface area contributed by atoms with Crippen molar-refractivity contribution in [2.24, 2.45) is 5.41 Å². The Balaban J connectivity index is 3.03. The monoisotopic (exact) mass is 240 g/mol. The lowest BCUT2D eigenvalue weighted by Gasteiger charge is -2.18. The van der Waals surface area contributed by atoms with Gasteiger partial charge < -0.3 is 5.32 Å². The number of carbonyl (C=O) groups is 2. The Morgan fingerprint density at radius 2 is 2.12 bits per heavy atom. The Kier molecular flexibility index (Phi) is 3.65. The SMILES string of the molecule is CC(C)(C)C(=O)Nc1ccnc(Cl)c1C=O. The molecule has 0 aliphatic rings. The number of pyridine rings is 1. The number of rotatable bonds is 2. The minimum Gasteiger partial charge on any atom is -0.325 e. The summed E-state index contributed by atoms with van der Waals surface area (Å²) < 4.78 is 0. The molecule has 16 heavy (non-hydrogen) atoms. The van der Waals surface area contributed by atoms with E-state index in [1.165, 1.54) is 6.20 Å². The second-order valence-corrected chi connectivity index (χ2v) is 4.74. The molecule has 0 spiro atoms. The molecule has 1 N–H and O–H groups in total. The summed E-state index contributed by atoms with van der Waals surface area (Å²) in [7, 11) is 0. The highest BCUT2D eigenvalue weighted by Crippen LogP contribution is 2.22. The van der Waals surface area contributed by atoms with Crippen molar-refractivity contribution in [3.63, 3.8) is 0 Å². The minimum atomic E-state index is -0.532. The normalized spacial score (nSPS) is 11.0. The zero-order valence-corrected chi connectivity index (χ0v) is 10.1. The van der Waals surface area contributed by atoms with Gasteiger partial charge in [-0.1, -0.05) is 32.4 Å². The number of carbonyl (C=O) groups excluding carboxylic acids is 2. The standard InChI is InChI=1S/C11H13ClN2O2/c1-11(2,3)10(16)14-8-4-5-13-9(12)7(8)6-15/h4-6H,1-3H3,(H,13,14,16). The van der Waals surface area contributed by atoms with Crippen molar-refractivity contribution >= 4 is 29.5 Å². The molecule has 5 heteroatoms. The number of nitrogens with one attached hydrogen (secondary N) is 1. The van der Waals surface area contributed by atoms with Crippen LogP contribution in [0.5, 0.6) is 0 Å². The van der Waals surface area contributed by atoms with E-state index in [2.05, 4.69) is 10.3 Å². The Hall–Kier alpha value is -1.42. The Morgan fingerprint density at radius 3 is 2.62 bits per heavy atom. The van der Waals surface area contributed by atoms with Crippen LogP contribution in [-0.4, -0.2) is 17.2 Å². The molecule has 1 aromatic heterocycles. The van der Waals surface area contributed by atoms with E-state index in [4.69, 9.17) is 11.6 Å². The van der Waals surface area contributed by atoms with Gasteiger partial charge in [-0.15, -0.1) is 0 Å². The second-order valence-electron chi connectivity index (χ2n) is 4.38. The van der Waals surface area contributed by atoms with Crippen molar-refractivity contribution in [3.05, 3.63) is 23.0 Å². The van der Waals surface area contributed by atoms with Gasteiger partial charge in [-0.2, -0.15) is 0 Å². The fourth-order valence-electron chi connectivity index (χ4n) is 0.979. The average molecular weight is 241 g/mol. The van der Waals surface area contributed by atoms with E-state index in [-0.39, 0.29) is 16.6 Å². The summed E-state index contributed by atoms with van der Waals surface area (Å²) in [6.45, 7) is 5.35. The van der Waals surface area contributed by atoms with Gasteiger partial charge in [-0.25, -0.2) is 4.98 Å². The van der Waals surface area contributed by atoms with Gasteiger partial charge in [0.15, 0.2) is 6.29 Å². The first-order valence-electron chi connectivity index (χ1n) is 4.77. The van der Waals surface area contributed by atoms with Crippen LogP contribution in [0.1, 0.15) is 31.1 Å². The van der Waals surface area contributed by atoms with Crippen LogP contribution < -0.4 is 5.32 Å². The molecular weight excluding hydrogens is 228 g/mol. The quantitative estimate of drug-likeness (QED) is 0.638. The number of hydrogen-bond acceptors (Lipinski definition) is 3. The van der Waals surface area contributed by atoms with E-state index in [0.717, 1.165) is 0 Å². The molecule has 0 fully saturated rings. The third-order valence-corrected chi connectivity index (χ3v) is 2.29. The summed E-state index contributed by atoms with van der Waals surface area (Å²) >= 11 is 5.73. The average Bonchev–Trinajstić information content (AvgIpc) is 2.16. The summed E-state index contributed by atoms with van der Waals surface area (Å²) in [5.74, 6) is -0.183. The van der Waals surface area contributed by atoms with Crippen LogP contribution in [0, 0.1) is 5.41 Å². The van der Waals surface area contributed by atoms with Crippen LogP contribution in [0.3, 0.4) is 0 Å². The van der Waals surface area contributed by atoms with Gasteiger partial charge in [0.2, 0.25) is 5.91 Å².